The van der Waals surface area contributed by atoms with Crippen LogP contribution in [0.2, 0.25) is 0 Å². The Morgan fingerprint density at radius 1 is 1.18 bits per heavy atom. The molecule has 0 aliphatic carbocycles. The number of carboxylic acid groups (broad SMARTS) is 1. The number of carbonyl (C=O) groups is 2. The van der Waals surface area contributed by atoms with E-state index < -0.39 is 5.97 Å². The SMILES string of the molecule is NCCCCNC(=O)c1ccccc1C(=O)O. The van der Waals surface area contributed by atoms with Crippen LogP contribution in [0.15, 0.2) is 24.3 Å². The van der Waals surface area contributed by atoms with E-state index in [4.69, 9.17) is 10.8 Å². The molecule has 4 N–H and O–H groups in total. The zero-order valence-corrected chi connectivity index (χ0v) is 9.48. The molecule has 5 heteroatoms. The maximum Gasteiger partial charge on any atom is 0.336 e. The van der Waals surface area contributed by atoms with Crippen LogP contribution in [0.1, 0.15) is 33.6 Å². The quantitative estimate of drug-likeness (QED) is 0.638. The molecule has 0 radical (unpaired) electrons. The minimum absolute atomic E-state index is 0.0174. The van der Waals surface area contributed by atoms with Gasteiger partial charge in [0, 0.05) is 6.54 Å². The summed E-state index contributed by atoms with van der Waals surface area (Å²) in [7, 11) is 0. The van der Waals surface area contributed by atoms with Crippen LogP contribution in [0.3, 0.4) is 0 Å². The summed E-state index contributed by atoms with van der Waals surface area (Å²) in [6.07, 6.45) is 1.62. The van der Waals surface area contributed by atoms with Gasteiger partial charge in [0.2, 0.25) is 0 Å². The molecule has 92 valence electrons. The largest absolute Gasteiger partial charge is 0.478 e. The van der Waals surface area contributed by atoms with Crippen LogP contribution in [0.4, 0.5) is 0 Å². The first-order valence-corrected chi connectivity index (χ1v) is 5.47. The van der Waals surface area contributed by atoms with Crippen molar-refractivity contribution in [2.24, 2.45) is 5.73 Å². The summed E-state index contributed by atoms with van der Waals surface area (Å²) in [4.78, 5) is 22.6. The summed E-state index contributed by atoms with van der Waals surface area (Å²) in [5.41, 5.74) is 5.54. The second-order valence-corrected chi connectivity index (χ2v) is 3.60. The first-order valence-electron chi connectivity index (χ1n) is 5.47. The average Bonchev–Trinajstić information content (AvgIpc) is 2.34. The normalized spacial score (nSPS) is 9.94. The van der Waals surface area contributed by atoms with Crippen molar-refractivity contribution < 1.29 is 14.7 Å². The van der Waals surface area contributed by atoms with Crippen molar-refractivity contribution in [1.82, 2.24) is 5.32 Å². The van der Waals surface area contributed by atoms with Crippen molar-refractivity contribution in [1.29, 1.82) is 0 Å². The summed E-state index contributed by atoms with van der Waals surface area (Å²) in [5.74, 6) is -1.46. The van der Waals surface area contributed by atoms with Crippen molar-refractivity contribution in [3.8, 4) is 0 Å². The third kappa shape index (κ3) is 3.88. The Hall–Kier alpha value is -1.88. The number of rotatable bonds is 6. The van der Waals surface area contributed by atoms with Gasteiger partial charge in [-0.3, -0.25) is 4.79 Å². The van der Waals surface area contributed by atoms with E-state index in [0.29, 0.717) is 13.1 Å². The van der Waals surface area contributed by atoms with E-state index in [1.54, 1.807) is 12.1 Å². The van der Waals surface area contributed by atoms with Crippen molar-refractivity contribution in [2.75, 3.05) is 13.1 Å². The molecule has 0 aliphatic heterocycles. The molecule has 1 rings (SSSR count). The molecular formula is C12H16N2O3. The highest BCUT2D eigenvalue weighted by Crippen LogP contribution is 2.08. The van der Waals surface area contributed by atoms with Crippen LogP contribution < -0.4 is 11.1 Å². The fraction of sp³-hybridized carbons (Fsp3) is 0.333. The third-order valence-corrected chi connectivity index (χ3v) is 2.32. The number of benzene rings is 1. The maximum atomic E-state index is 11.7. The van der Waals surface area contributed by atoms with Crippen LogP contribution in [0, 0.1) is 0 Å². The molecule has 1 aromatic rings. The number of carbonyl (C=O) groups excluding carboxylic acids is 1. The lowest BCUT2D eigenvalue weighted by molar-refractivity contribution is 0.0691. The average molecular weight is 236 g/mol. The first kappa shape index (κ1) is 13.2. The fourth-order valence-electron chi connectivity index (χ4n) is 1.43. The third-order valence-electron chi connectivity index (χ3n) is 2.32. The van der Waals surface area contributed by atoms with Gasteiger partial charge in [-0.25, -0.2) is 4.79 Å². The predicted octanol–water partition coefficient (Wildman–Crippen LogP) is 0.854. The van der Waals surface area contributed by atoms with Crippen molar-refractivity contribution in [2.45, 2.75) is 12.8 Å². The number of hydrogen-bond donors (Lipinski definition) is 3. The summed E-state index contributed by atoms with van der Waals surface area (Å²) in [6, 6.07) is 6.15. The molecule has 0 saturated heterocycles. The standard InChI is InChI=1S/C12H16N2O3/c13-7-3-4-8-14-11(15)9-5-1-2-6-10(9)12(16)17/h1-2,5-6H,3-4,7-8,13H2,(H,14,15)(H,16,17). The number of nitrogens with one attached hydrogen (secondary N) is 1. The van der Waals surface area contributed by atoms with Gasteiger partial charge in [-0.1, -0.05) is 12.1 Å². The summed E-state index contributed by atoms with van der Waals surface area (Å²) >= 11 is 0. The second-order valence-electron chi connectivity index (χ2n) is 3.60. The van der Waals surface area contributed by atoms with Gasteiger partial charge in [-0.15, -0.1) is 0 Å². The Kier molecular flexibility index (Phi) is 5.16. The van der Waals surface area contributed by atoms with Gasteiger partial charge in [-0.05, 0) is 31.5 Å². The molecule has 0 unspecified atom stereocenters. The predicted molar refractivity (Wildman–Crippen MR) is 64.0 cm³/mol. The molecule has 1 amide bonds. The molecule has 0 spiro atoms. The molecule has 0 bridgehead atoms. The van der Waals surface area contributed by atoms with Crippen LogP contribution in [0.25, 0.3) is 0 Å². The number of unbranched alkanes of at least 4 members (excludes halogenated alkanes) is 1. The number of carboxylic acids is 1. The molecule has 1 aromatic carbocycles. The van der Waals surface area contributed by atoms with Crippen LogP contribution >= 0.6 is 0 Å². The monoisotopic (exact) mass is 236 g/mol. The van der Waals surface area contributed by atoms with E-state index in [9.17, 15) is 9.59 Å². The van der Waals surface area contributed by atoms with Crippen LogP contribution in [0.5, 0.6) is 0 Å². The molecule has 17 heavy (non-hydrogen) atoms. The van der Waals surface area contributed by atoms with Gasteiger partial charge in [0.1, 0.15) is 0 Å². The highest BCUT2D eigenvalue weighted by atomic mass is 16.4. The van der Waals surface area contributed by atoms with E-state index in [-0.39, 0.29) is 17.0 Å². The Bertz CT molecular complexity index is 404. The van der Waals surface area contributed by atoms with Gasteiger partial charge in [0.05, 0.1) is 11.1 Å². The minimum atomic E-state index is -1.10. The van der Waals surface area contributed by atoms with Gasteiger partial charge < -0.3 is 16.2 Å². The molecule has 0 saturated carbocycles. The number of amides is 1. The number of nitrogens with two attached hydrogens (primary N) is 1. The zero-order chi connectivity index (χ0) is 12.7. The Labute approximate surface area is 99.6 Å². The molecule has 0 fully saturated rings. The molecular weight excluding hydrogens is 220 g/mol. The second kappa shape index (κ2) is 6.65. The molecule has 5 nitrogen and oxygen atoms in total. The maximum absolute atomic E-state index is 11.7. The Morgan fingerprint density at radius 2 is 1.82 bits per heavy atom. The number of hydrogen-bond acceptors (Lipinski definition) is 3. The highest BCUT2D eigenvalue weighted by molar-refractivity contribution is 6.04. The molecule has 0 aromatic heterocycles. The summed E-state index contributed by atoms with van der Waals surface area (Å²) < 4.78 is 0. The van der Waals surface area contributed by atoms with Crippen molar-refractivity contribution >= 4 is 11.9 Å². The summed E-state index contributed by atoms with van der Waals surface area (Å²) in [5, 5.41) is 11.6. The molecule has 0 aliphatic rings. The zero-order valence-electron chi connectivity index (χ0n) is 9.48. The van der Waals surface area contributed by atoms with E-state index in [1.807, 2.05) is 0 Å². The van der Waals surface area contributed by atoms with Gasteiger partial charge in [0.25, 0.3) is 5.91 Å². The van der Waals surface area contributed by atoms with Crippen molar-refractivity contribution in [3.05, 3.63) is 35.4 Å². The van der Waals surface area contributed by atoms with Crippen LogP contribution in [-0.2, 0) is 0 Å². The highest BCUT2D eigenvalue weighted by Gasteiger charge is 2.14. The minimum Gasteiger partial charge on any atom is -0.478 e. The van der Waals surface area contributed by atoms with E-state index in [1.165, 1.54) is 12.1 Å². The van der Waals surface area contributed by atoms with E-state index in [0.717, 1.165) is 12.8 Å². The molecule has 0 atom stereocenters. The van der Waals surface area contributed by atoms with Gasteiger partial charge in [0.15, 0.2) is 0 Å². The van der Waals surface area contributed by atoms with E-state index in [2.05, 4.69) is 5.32 Å². The van der Waals surface area contributed by atoms with Crippen LogP contribution in [-0.4, -0.2) is 30.1 Å². The fourth-order valence-corrected chi connectivity index (χ4v) is 1.43. The topological polar surface area (TPSA) is 92.4 Å². The lowest BCUT2D eigenvalue weighted by Crippen LogP contribution is -2.26. The molecule has 0 heterocycles. The van der Waals surface area contributed by atoms with Crippen molar-refractivity contribution in [3.63, 3.8) is 0 Å². The lowest BCUT2D eigenvalue weighted by atomic mass is 10.1. The van der Waals surface area contributed by atoms with E-state index >= 15 is 0 Å². The first-order chi connectivity index (χ1) is 8.16. The Balaban J connectivity index is 2.65. The van der Waals surface area contributed by atoms with Gasteiger partial charge >= 0.3 is 5.97 Å². The lowest BCUT2D eigenvalue weighted by Gasteiger charge is -2.07. The van der Waals surface area contributed by atoms with Gasteiger partial charge in [-0.2, -0.15) is 0 Å². The smallest absolute Gasteiger partial charge is 0.336 e. The summed E-state index contributed by atoms with van der Waals surface area (Å²) in [6.45, 7) is 1.09. The number of aromatic carboxylic acids is 1. The Morgan fingerprint density at radius 3 is 2.41 bits per heavy atom.